The van der Waals surface area contributed by atoms with Gasteiger partial charge in [0.2, 0.25) is 11.8 Å². The highest BCUT2D eigenvalue weighted by molar-refractivity contribution is 7.92. The maximum atomic E-state index is 14.1. The van der Waals surface area contributed by atoms with Crippen molar-refractivity contribution in [3.63, 3.8) is 0 Å². The number of carbonyl (C=O) groups is 2. The first kappa shape index (κ1) is 31.5. The number of nitrogens with zero attached hydrogens (tertiary/aromatic N) is 2. The Labute approximate surface area is 247 Å². The molecule has 0 heterocycles. The van der Waals surface area contributed by atoms with E-state index in [9.17, 15) is 18.0 Å². The third kappa shape index (κ3) is 7.56. The van der Waals surface area contributed by atoms with Crippen molar-refractivity contribution in [3.8, 4) is 0 Å². The number of hydrogen-bond donors (Lipinski definition) is 1. The first-order chi connectivity index (χ1) is 18.6. The van der Waals surface area contributed by atoms with E-state index in [2.05, 4.69) is 5.32 Å². The Hall–Kier alpha value is -3.07. The Balaban J connectivity index is 2.09. The minimum Gasteiger partial charge on any atom is -0.350 e. The lowest BCUT2D eigenvalue weighted by molar-refractivity contribution is -0.140. The first-order valence-electron chi connectivity index (χ1n) is 12.8. The standard InChI is InChI=1S/C30H35Cl2N3O4S/c1-20-14-16-23(17-15-20)40(38,39)35(27-13-8-7-10-21(27)2)19-28(36)34(22(3)29(37)33-30(4,5)6)18-24-25(31)11-9-12-26(24)32/h7-17,22H,18-19H2,1-6H3,(H,33,37). The maximum Gasteiger partial charge on any atom is 0.264 e. The zero-order chi connectivity index (χ0) is 29.8. The molecule has 0 aliphatic carbocycles. The SMILES string of the molecule is Cc1ccc(S(=O)(=O)N(CC(=O)N(Cc2c(Cl)cccc2Cl)C(C)C(=O)NC(C)(C)C)c2ccccc2C)cc1. The Kier molecular flexibility index (Phi) is 9.93. The number of carbonyl (C=O) groups excluding carboxylic acids is 2. The molecule has 7 nitrogen and oxygen atoms in total. The van der Waals surface area contributed by atoms with Crippen LogP contribution in [0.4, 0.5) is 5.69 Å². The van der Waals surface area contributed by atoms with E-state index in [0.717, 1.165) is 9.87 Å². The van der Waals surface area contributed by atoms with Gasteiger partial charge in [0, 0.05) is 27.7 Å². The third-order valence-electron chi connectivity index (χ3n) is 6.33. The molecule has 3 rings (SSSR count). The number of para-hydroxylation sites is 1. The van der Waals surface area contributed by atoms with Crippen LogP contribution < -0.4 is 9.62 Å². The van der Waals surface area contributed by atoms with Crippen LogP contribution in [0.3, 0.4) is 0 Å². The third-order valence-corrected chi connectivity index (χ3v) is 8.81. The van der Waals surface area contributed by atoms with Crippen LogP contribution in [0.25, 0.3) is 0 Å². The van der Waals surface area contributed by atoms with Crippen LogP contribution in [0.1, 0.15) is 44.4 Å². The number of benzene rings is 3. The maximum absolute atomic E-state index is 14.1. The average molecular weight is 605 g/mol. The summed E-state index contributed by atoms with van der Waals surface area (Å²) in [5, 5.41) is 3.55. The minimum absolute atomic E-state index is 0.0494. The molecular weight excluding hydrogens is 569 g/mol. The fourth-order valence-electron chi connectivity index (χ4n) is 4.10. The van der Waals surface area contributed by atoms with Crippen molar-refractivity contribution in [2.45, 2.75) is 64.6 Å². The van der Waals surface area contributed by atoms with E-state index in [1.54, 1.807) is 68.4 Å². The van der Waals surface area contributed by atoms with Crippen molar-refractivity contribution in [1.82, 2.24) is 10.2 Å². The van der Waals surface area contributed by atoms with E-state index in [1.165, 1.54) is 17.0 Å². The van der Waals surface area contributed by atoms with Crippen molar-refractivity contribution < 1.29 is 18.0 Å². The monoisotopic (exact) mass is 603 g/mol. The van der Waals surface area contributed by atoms with Crippen molar-refractivity contribution in [3.05, 3.63) is 93.5 Å². The molecule has 0 aliphatic heterocycles. The van der Waals surface area contributed by atoms with Gasteiger partial charge in [-0.3, -0.25) is 13.9 Å². The van der Waals surface area contributed by atoms with Gasteiger partial charge in [0.15, 0.2) is 0 Å². The topological polar surface area (TPSA) is 86.8 Å². The molecular formula is C30H35Cl2N3O4S. The number of anilines is 1. The fraction of sp³-hybridized carbons (Fsp3) is 0.333. The molecule has 1 unspecified atom stereocenters. The predicted octanol–water partition coefficient (Wildman–Crippen LogP) is 6.14. The van der Waals surface area contributed by atoms with Gasteiger partial charge in [-0.2, -0.15) is 0 Å². The molecule has 0 saturated carbocycles. The molecule has 0 radical (unpaired) electrons. The largest absolute Gasteiger partial charge is 0.350 e. The summed E-state index contributed by atoms with van der Waals surface area (Å²) in [6.07, 6.45) is 0. The lowest BCUT2D eigenvalue weighted by Crippen LogP contribution is -2.54. The van der Waals surface area contributed by atoms with E-state index < -0.39 is 40.0 Å². The van der Waals surface area contributed by atoms with Crippen LogP contribution in [-0.2, 0) is 26.2 Å². The number of amides is 2. The smallest absolute Gasteiger partial charge is 0.264 e. The Morgan fingerprint density at radius 3 is 2.02 bits per heavy atom. The Morgan fingerprint density at radius 1 is 0.900 bits per heavy atom. The molecule has 40 heavy (non-hydrogen) atoms. The number of nitrogens with one attached hydrogen (secondary N) is 1. The van der Waals surface area contributed by atoms with Crippen LogP contribution in [0.15, 0.2) is 71.6 Å². The van der Waals surface area contributed by atoms with Gasteiger partial charge in [0.1, 0.15) is 12.6 Å². The molecule has 10 heteroatoms. The normalized spacial score (nSPS) is 12.5. The quantitative estimate of drug-likeness (QED) is 0.318. The predicted molar refractivity (Wildman–Crippen MR) is 161 cm³/mol. The summed E-state index contributed by atoms with van der Waals surface area (Å²) < 4.78 is 29.0. The molecule has 0 saturated heterocycles. The van der Waals surface area contributed by atoms with E-state index in [1.807, 2.05) is 27.7 Å². The van der Waals surface area contributed by atoms with Gasteiger partial charge >= 0.3 is 0 Å². The summed E-state index contributed by atoms with van der Waals surface area (Å²) in [6, 6.07) is 17.4. The van der Waals surface area contributed by atoms with Gasteiger partial charge in [0.25, 0.3) is 10.0 Å². The molecule has 0 spiro atoms. The summed E-state index contributed by atoms with van der Waals surface area (Å²) >= 11 is 12.9. The Bertz CT molecular complexity index is 1470. The summed E-state index contributed by atoms with van der Waals surface area (Å²) in [4.78, 5) is 28.6. The molecule has 1 N–H and O–H groups in total. The molecule has 0 fully saturated rings. The first-order valence-corrected chi connectivity index (χ1v) is 15.0. The van der Waals surface area contributed by atoms with Crippen molar-refractivity contribution in [2.24, 2.45) is 0 Å². The van der Waals surface area contributed by atoms with Crippen LogP contribution >= 0.6 is 23.2 Å². The second kappa shape index (κ2) is 12.6. The number of sulfonamides is 1. The molecule has 0 aliphatic rings. The lowest BCUT2D eigenvalue weighted by Gasteiger charge is -2.34. The number of aryl methyl sites for hydroxylation is 2. The molecule has 3 aromatic carbocycles. The molecule has 214 valence electrons. The van der Waals surface area contributed by atoms with Gasteiger partial charge in [-0.05, 0) is 77.4 Å². The van der Waals surface area contributed by atoms with Gasteiger partial charge in [-0.15, -0.1) is 0 Å². The molecule has 1 atom stereocenters. The van der Waals surface area contributed by atoms with Crippen LogP contribution in [0, 0.1) is 13.8 Å². The lowest BCUT2D eigenvalue weighted by atomic mass is 10.1. The van der Waals surface area contributed by atoms with Crippen LogP contribution in [-0.4, -0.2) is 43.3 Å². The van der Waals surface area contributed by atoms with Crippen LogP contribution in [0.5, 0.6) is 0 Å². The summed E-state index contributed by atoms with van der Waals surface area (Å²) in [7, 11) is -4.15. The van der Waals surface area contributed by atoms with Gasteiger partial charge in [0.05, 0.1) is 10.6 Å². The zero-order valence-electron chi connectivity index (χ0n) is 23.5. The van der Waals surface area contributed by atoms with E-state index in [-0.39, 0.29) is 11.4 Å². The van der Waals surface area contributed by atoms with Crippen molar-refractivity contribution >= 4 is 50.7 Å². The Morgan fingerprint density at radius 2 is 1.48 bits per heavy atom. The van der Waals surface area contributed by atoms with E-state index in [0.29, 0.717) is 26.9 Å². The summed E-state index contributed by atoms with van der Waals surface area (Å²) in [5.74, 6) is -0.987. The highest BCUT2D eigenvalue weighted by Crippen LogP contribution is 2.29. The average Bonchev–Trinajstić information content (AvgIpc) is 2.86. The number of hydrogen-bond acceptors (Lipinski definition) is 4. The number of halogens is 2. The molecule has 3 aromatic rings. The van der Waals surface area contributed by atoms with Gasteiger partial charge in [-0.25, -0.2) is 8.42 Å². The highest BCUT2D eigenvalue weighted by atomic mass is 35.5. The second-order valence-corrected chi connectivity index (χ2v) is 13.4. The molecule has 0 bridgehead atoms. The highest BCUT2D eigenvalue weighted by Gasteiger charge is 2.34. The van der Waals surface area contributed by atoms with Crippen molar-refractivity contribution in [1.29, 1.82) is 0 Å². The van der Waals surface area contributed by atoms with Gasteiger partial charge < -0.3 is 10.2 Å². The van der Waals surface area contributed by atoms with Crippen LogP contribution in [0.2, 0.25) is 10.0 Å². The van der Waals surface area contributed by atoms with E-state index in [4.69, 9.17) is 23.2 Å². The van der Waals surface area contributed by atoms with E-state index >= 15 is 0 Å². The zero-order valence-corrected chi connectivity index (χ0v) is 25.9. The number of rotatable bonds is 9. The van der Waals surface area contributed by atoms with Crippen molar-refractivity contribution in [2.75, 3.05) is 10.8 Å². The summed E-state index contributed by atoms with van der Waals surface area (Å²) in [6.45, 7) is 10.1. The fourth-order valence-corrected chi connectivity index (χ4v) is 6.10. The molecule has 0 aromatic heterocycles. The molecule has 2 amide bonds. The van der Waals surface area contributed by atoms with Gasteiger partial charge in [-0.1, -0.05) is 65.2 Å². The summed E-state index contributed by atoms with van der Waals surface area (Å²) in [5.41, 5.74) is 1.84. The minimum atomic E-state index is -4.15. The second-order valence-electron chi connectivity index (χ2n) is 10.7.